The van der Waals surface area contributed by atoms with Gasteiger partial charge in [-0.15, -0.1) is 0 Å². The Bertz CT molecular complexity index is 454. The summed E-state index contributed by atoms with van der Waals surface area (Å²) in [4.78, 5) is 2.65. The fourth-order valence-corrected chi connectivity index (χ4v) is 3.37. The summed E-state index contributed by atoms with van der Waals surface area (Å²) in [5.41, 5.74) is 1.28. The van der Waals surface area contributed by atoms with E-state index >= 15 is 0 Å². The Kier molecular flexibility index (Phi) is 4.87. The van der Waals surface area contributed by atoms with Gasteiger partial charge in [0.15, 0.2) is 0 Å². The van der Waals surface area contributed by atoms with Crippen LogP contribution in [-0.2, 0) is 6.54 Å². The fourth-order valence-electron chi connectivity index (χ4n) is 3.05. The highest BCUT2D eigenvalue weighted by Gasteiger charge is 2.30. The third-order valence-electron chi connectivity index (χ3n) is 4.38. The van der Waals surface area contributed by atoms with Crippen LogP contribution in [0.3, 0.4) is 0 Å². The molecule has 110 valence electrons. The van der Waals surface area contributed by atoms with Gasteiger partial charge in [-0.2, -0.15) is 0 Å². The molecule has 1 aromatic carbocycles. The Morgan fingerprint density at radius 1 is 1.05 bits per heavy atom. The quantitative estimate of drug-likeness (QED) is 0.885. The summed E-state index contributed by atoms with van der Waals surface area (Å²) in [7, 11) is 0. The van der Waals surface area contributed by atoms with Gasteiger partial charge in [0.25, 0.3) is 0 Å². The molecule has 2 fully saturated rings. The average molecular weight is 313 g/mol. The van der Waals surface area contributed by atoms with E-state index in [1.54, 1.807) is 0 Å². The molecule has 0 atom stereocenters. The molecule has 0 bridgehead atoms. The Morgan fingerprint density at radius 3 is 2.45 bits per heavy atom. The third kappa shape index (κ3) is 3.88. The zero-order valence-electron chi connectivity index (χ0n) is 11.7. The van der Waals surface area contributed by atoms with Gasteiger partial charge in [-0.25, -0.2) is 0 Å². The van der Waals surface area contributed by atoms with Gasteiger partial charge in [-0.1, -0.05) is 29.3 Å². The highest BCUT2D eigenvalue weighted by Crippen LogP contribution is 2.31. The lowest BCUT2D eigenvalue weighted by atomic mass is 9.97. The minimum atomic E-state index is 0.645. The van der Waals surface area contributed by atoms with E-state index in [0.717, 1.165) is 18.5 Å². The zero-order chi connectivity index (χ0) is 13.9. The molecule has 3 rings (SSSR count). The van der Waals surface area contributed by atoms with E-state index in [0.29, 0.717) is 10.0 Å². The van der Waals surface area contributed by atoms with Crippen molar-refractivity contribution in [1.29, 1.82) is 0 Å². The standard InChI is InChI=1S/C16H22Cl2N2/c17-15-4-1-13(9-16(15)18)11-20(14-2-3-14)10-12-5-7-19-8-6-12/h1,4,9,12,14,19H,2-3,5-8,10-11H2. The fraction of sp³-hybridized carbons (Fsp3) is 0.625. The topological polar surface area (TPSA) is 15.3 Å². The molecule has 2 aliphatic rings. The van der Waals surface area contributed by atoms with E-state index < -0.39 is 0 Å². The second kappa shape index (κ2) is 6.65. The van der Waals surface area contributed by atoms with E-state index in [1.165, 1.54) is 50.9 Å². The second-order valence-corrected chi connectivity index (χ2v) is 6.92. The number of hydrogen-bond acceptors (Lipinski definition) is 2. The first-order chi connectivity index (χ1) is 9.72. The van der Waals surface area contributed by atoms with Gasteiger partial charge in [0, 0.05) is 19.1 Å². The van der Waals surface area contributed by atoms with E-state index in [2.05, 4.69) is 16.3 Å². The van der Waals surface area contributed by atoms with Crippen molar-refractivity contribution >= 4 is 23.2 Å². The number of rotatable bonds is 5. The summed E-state index contributed by atoms with van der Waals surface area (Å²) >= 11 is 12.1. The van der Waals surface area contributed by atoms with Crippen LogP contribution in [0.2, 0.25) is 10.0 Å². The van der Waals surface area contributed by atoms with Crippen LogP contribution in [0.5, 0.6) is 0 Å². The molecule has 1 saturated heterocycles. The van der Waals surface area contributed by atoms with Crippen LogP contribution in [0.25, 0.3) is 0 Å². The summed E-state index contributed by atoms with van der Waals surface area (Å²) in [6.45, 7) is 4.59. The van der Waals surface area contributed by atoms with Crippen LogP contribution in [0.1, 0.15) is 31.2 Å². The molecule has 0 radical (unpaired) electrons. The summed E-state index contributed by atoms with van der Waals surface area (Å²) in [5.74, 6) is 0.847. The van der Waals surface area contributed by atoms with Crippen molar-refractivity contribution in [2.24, 2.45) is 5.92 Å². The maximum atomic E-state index is 6.13. The van der Waals surface area contributed by atoms with Gasteiger partial charge < -0.3 is 5.32 Å². The van der Waals surface area contributed by atoms with Gasteiger partial charge in [0.2, 0.25) is 0 Å². The molecule has 0 amide bonds. The highest BCUT2D eigenvalue weighted by atomic mass is 35.5. The summed E-state index contributed by atoms with van der Waals surface area (Å²) < 4.78 is 0. The van der Waals surface area contributed by atoms with Crippen LogP contribution in [-0.4, -0.2) is 30.6 Å². The largest absolute Gasteiger partial charge is 0.317 e. The molecule has 1 aliphatic carbocycles. The van der Waals surface area contributed by atoms with Crippen molar-refractivity contribution in [2.45, 2.75) is 38.3 Å². The van der Waals surface area contributed by atoms with Crippen molar-refractivity contribution in [3.8, 4) is 0 Å². The number of benzene rings is 1. The van der Waals surface area contributed by atoms with Gasteiger partial charge >= 0.3 is 0 Å². The maximum Gasteiger partial charge on any atom is 0.0595 e. The van der Waals surface area contributed by atoms with Gasteiger partial charge in [-0.3, -0.25) is 4.90 Å². The Hall–Kier alpha value is -0.280. The predicted molar refractivity (Wildman–Crippen MR) is 85.5 cm³/mol. The number of halogens is 2. The molecule has 1 heterocycles. The molecule has 0 aromatic heterocycles. The lowest BCUT2D eigenvalue weighted by molar-refractivity contribution is 0.190. The first-order valence-corrected chi connectivity index (χ1v) is 8.36. The molecular weight excluding hydrogens is 291 g/mol. The minimum absolute atomic E-state index is 0.645. The van der Waals surface area contributed by atoms with Crippen molar-refractivity contribution < 1.29 is 0 Å². The van der Waals surface area contributed by atoms with Crippen LogP contribution >= 0.6 is 23.2 Å². The van der Waals surface area contributed by atoms with Gasteiger partial charge in [0.05, 0.1) is 10.0 Å². The molecule has 0 unspecified atom stereocenters. The molecule has 4 heteroatoms. The van der Waals surface area contributed by atoms with E-state index in [4.69, 9.17) is 23.2 Å². The van der Waals surface area contributed by atoms with Gasteiger partial charge in [-0.05, 0) is 62.4 Å². The predicted octanol–water partition coefficient (Wildman–Crippen LogP) is 3.96. The molecule has 0 spiro atoms. The molecule has 1 aromatic rings. The van der Waals surface area contributed by atoms with E-state index in [1.807, 2.05) is 12.1 Å². The van der Waals surface area contributed by atoms with Crippen LogP contribution in [0.4, 0.5) is 0 Å². The molecule has 2 nitrogen and oxygen atoms in total. The lowest BCUT2D eigenvalue weighted by Gasteiger charge is -2.30. The van der Waals surface area contributed by atoms with Gasteiger partial charge in [0.1, 0.15) is 0 Å². The Balaban J connectivity index is 1.62. The molecule has 1 N–H and O–H groups in total. The number of nitrogens with one attached hydrogen (secondary N) is 1. The minimum Gasteiger partial charge on any atom is -0.317 e. The zero-order valence-corrected chi connectivity index (χ0v) is 13.3. The third-order valence-corrected chi connectivity index (χ3v) is 5.12. The first kappa shape index (κ1) is 14.6. The SMILES string of the molecule is Clc1ccc(CN(CC2CCNCC2)C2CC2)cc1Cl. The molecular formula is C16H22Cl2N2. The lowest BCUT2D eigenvalue weighted by Crippen LogP contribution is -2.37. The number of piperidine rings is 1. The smallest absolute Gasteiger partial charge is 0.0595 e. The Morgan fingerprint density at radius 2 is 1.80 bits per heavy atom. The maximum absolute atomic E-state index is 6.13. The summed E-state index contributed by atoms with van der Waals surface area (Å²) in [6.07, 6.45) is 5.33. The summed E-state index contributed by atoms with van der Waals surface area (Å²) in [6, 6.07) is 6.82. The van der Waals surface area contributed by atoms with Crippen LogP contribution < -0.4 is 5.32 Å². The molecule has 1 aliphatic heterocycles. The molecule has 20 heavy (non-hydrogen) atoms. The normalized spacial score (nSPS) is 20.6. The van der Waals surface area contributed by atoms with Crippen molar-refractivity contribution in [3.05, 3.63) is 33.8 Å². The Labute approximate surface area is 131 Å². The first-order valence-electron chi connectivity index (χ1n) is 7.61. The average Bonchev–Trinajstić information content (AvgIpc) is 3.28. The van der Waals surface area contributed by atoms with Crippen molar-refractivity contribution in [3.63, 3.8) is 0 Å². The number of hydrogen-bond donors (Lipinski definition) is 1. The second-order valence-electron chi connectivity index (χ2n) is 6.10. The number of nitrogens with zero attached hydrogens (tertiary/aromatic N) is 1. The van der Waals surface area contributed by atoms with Crippen LogP contribution in [0.15, 0.2) is 18.2 Å². The van der Waals surface area contributed by atoms with E-state index in [9.17, 15) is 0 Å². The highest BCUT2D eigenvalue weighted by molar-refractivity contribution is 6.42. The summed E-state index contributed by atoms with van der Waals surface area (Å²) in [5, 5.41) is 4.76. The van der Waals surface area contributed by atoms with E-state index in [-0.39, 0.29) is 0 Å². The monoisotopic (exact) mass is 312 g/mol. The van der Waals surface area contributed by atoms with Crippen molar-refractivity contribution in [1.82, 2.24) is 10.2 Å². The van der Waals surface area contributed by atoms with Crippen molar-refractivity contribution in [2.75, 3.05) is 19.6 Å². The molecule has 1 saturated carbocycles. The van der Waals surface area contributed by atoms with Crippen LogP contribution in [0, 0.1) is 5.92 Å².